The van der Waals surface area contributed by atoms with Gasteiger partial charge in [-0.1, -0.05) is 29.8 Å². The number of hydrogen-bond donors (Lipinski definition) is 2. The number of halogens is 3. The minimum absolute atomic E-state index is 0.0373. The largest absolute Gasteiger partial charge is 0.387 e. The minimum Gasteiger partial charge on any atom is -0.387 e. The summed E-state index contributed by atoms with van der Waals surface area (Å²) in [6.07, 6.45) is -1.06. The van der Waals surface area contributed by atoms with E-state index in [-0.39, 0.29) is 17.5 Å². The molecule has 6 heteroatoms. The zero-order chi connectivity index (χ0) is 17.0. The fraction of sp³-hybridized carbons (Fsp3) is 0.235. The molecule has 23 heavy (non-hydrogen) atoms. The molecule has 122 valence electrons. The van der Waals surface area contributed by atoms with E-state index in [4.69, 9.17) is 11.6 Å². The number of carbonyl (C=O) groups is 1. The smallest absolute Gasteiger partial charge is 0.227 e. The minimum atomic E-state index is -1.06. The molecule has 0 aliphatic heterocycles. The Bertz CT molecular complexity index is 709. The maximum absolute atomic E-state index is 13.4. The van der Waals surface area contributed by atoms with Crippen LogP contribution in [0.3, 0.4) is 0 Å². The van der Waals surface area contributed by atoms with E-state index in [2.05, 4.69) is 5.32 Å². The third-order valence-electron chi connectivity index (χ3n) is 3.54. The topological polar surface area (TPSA) is 49.3 Å². The second-order valence-electron chi connectivity index (χ2n) is 5.21. The second-order valence-corrected chi connectivity index (χ2v) is 5.62. The number of hydrogen-bond acceptors (Lipinski definition) is 2. The summed E-state index contributed by atoms with van der Waals surface area (Å²) in [5, 5.41) is 12.5. The summed E-state index contributed by atoms with van der Waals surface area (Å²) in [6.45, 7) is 1.55. The molecule has 0 saturated carbocycles. The van der Waals surface area contributed by atoms with Crippen LogP contribution in [0.15, 0.2) is 42.5 Å². The third-order valence-corrected chi connectivity index (χ3v) is 3.85. The van der Waals surface area contributed by atoms with E-state index >= 15 is 0 Å². The van der Waals surface area contributed by atoms with Gasteiger partial charge in [-0.25, -0.2) is 8.78 Å². The first-order valence-electron chi connectivity index (χ1n) is 7.04. The Labute approximate surface area is 137 Å². The summed E-state index contributed by atoms with van der Waals surface area (Å²) in [4.78, 5) is 12.1. The fourth-order valence-electron chi connectivity index (χ4n) is 2.12. The molecule has 2 N–H and O–H groups in total. The molecular formula is C17H16ClF2NO2. The Morgan fingerprint density at radius 3 is 2.61 bits per heavy atom. The zero-order valence-electron chi connectivity index (χ0n) is 12.4. The van der Waals surface area contributed by atoms with Gasteiger partial charge in [-0.3, -0.25) is 4.79 Å². The number of rotatable bonds is 5. The monoisotopic (exact) mass is 339 g/mol. The molecule has 0 fully saturated rings. The van der Waals surface area contributed by atoms with Crippen molar-refractivity contribution in [2.45, 2.75) is 18.9 Å². The molecule has 0 aliphatic carbocycles. The van der Waals surface area contributed by atoms with E-state index in [0.29, 0.717) is 11.1 Å². The van der Waals surface area contributed by atoms with Crippen LogP contribution in [-0.2, 0) is 4.79 Å². The van der Waals surface area contributed by atoms with Gasteiger partial charge >= 0.3 is 0 Å². The number of benzene rings is 2. The van der Waals surface area contributed by atoms with Crippen LogP contribution in [0.2, 0.25) is 5.02 Å². The van der Waals surface area contributed by atoms with Crippen molar-refractivity contribution in [2.75, 3.05) is 6.54 Å². The lowest BCUT2D eigenvalue weighted by Crippen LogP contribution is -2.31. The molecule has 0 spiro atoms. The van der Waals surface area contributed by atoms with Crippen LogP contribution in [0.4, 0.5) is 8.78 Å². The summed E-state index contributed by atoms with van der Waals surface area (Å²) in [5.74, 6) is -1.98. The third kappa shape index (κ3) is 4.50. The van der Waals surface area contributed by atoms with Crippen LogP contribution in [0.1, 0.15) is 30.1 Å². The standard InChI is InChI=1S/C17H16ClF2NO2/c1-10(11-3-2-4-13(19)7-11)17(23)21-9-16(22)12-5-6-14(18)15(20)8-12/h2-8,10,16,22H,9H2,1H3,(H,21,23). The summed E-state index contributed by atoms with van der Waals surface area (Å²) in [5.41, 5.74) is 0.847. The second kappa shape index (κ2) is 7.53. The highest BCUT2D eigenvalue weighted by molar-refractivity contribution is 6.30. The van der Waals surface area contributed by atoms with Gasteiger partial charge in [-0.15, -0.1) is 0 Å². The molecular weight excluding hydrogens is 324 g/mol. The molecule has 0 saturated heterocycles. The van der Waals surface area contributed by atoms with Crippen LogP contribution in [-0.4, -0.2) is 17.6 Å². The van der Waals surface area contributed by atoms with Crippen molar-refractivity contribution in [1.82, 2.24) is 5.32 Å². The first kappa shape index (κ1) is 17.4. The Morgan fingerprint density at radius 1 is 1.22 bits per heavy atom. The predicted molar refractivity (Wildman–Crippen MR) is 84.2 cm³/mol. The molecule has 0 radical (unpaired) electrons. The fourth-order valence-corrected chi connectivity index (χ4v) is 2.23. The molecule has 0 heterocycles. The predicted octanol–water partition coefficient (Wildman–Crippen LogP) is 3.57. The zero-order valence-corrected chi connectivity index (χ0v) is 13.1. The van der Waals surface area contributed by atoms with Crippen LogP contribution < -0.4 is 5.32 Å². The summed E-state index contributed by atoms with van der Waals surface area (Å²) < 4.78 is 26.5. The van der Waals surface area contributed by atoms with Crippen molar-refractivity contribution < 1.29 is 18.7 Å². The average molecular weight is 340 g/mol. The van der Waals surface area contributed by atoms with Crippen LogP contribution in [0, 0.1) is 11.6 Å². The SMILES string of the molecule is CC(C(=O)NCC(O)c1ccc(Cl)c(F)c1)c1cccc(F)c1. The highest BCUT2D eigenvalue weighted by atomic mass is 35.5. The lowest BCUT2D eigenvalue weighted by molar-refractivity contribution is -0.122. The Hall–Kier alpha value is -1.98. The van der Waals surface area contributed by atoms with Gasteiger partial charge in [0.2, 0.25) is 5.91 Å². The number of aliphatic hydroxyl groups excluding tert-OH is 1. The molecule has 2 rings (SSSR count). The summed E-state index contributed by atoms with van der Waals surface area (Å²) in [6, 6.07) is 9.71. The Balaban J connectivity index is 1.96. The number of amides is 1. The van der Waals surface area contributed by atoms with Gasteiger partial charge in [0.1, 0.15) is 11.6 Å². The van der Waals surface area contributed by atoms with Crippen LogP contribution >= 0.6 is 11.6 Å². The molecule has 1 amide bonds. The summed E-state index contributed by atoms with van der Waals surface area (Å²) >= 11 is 5.58. The first-order chi connectivity index (χ1) is 10.9. The normalized spacial score (nSPS) is 13.4. The maximum atomic E-state index is 13.4. The number of carbonyl (C=O) groups excluding carboxylic acids is 1. The van der Waals surface area contributed by atoms with Gasteiger partial charge in [0, 0.05) is 6.54 Å². The van der Waals surface area contributed by atoms with Gasteiger partial charge in [-0.05, 0) is 42.3 Å². The Kier molecular flexibility index (Phi) is 5.69. The quantitative estimate of drug-likeness (QED) is 0.875. The molecule has 3 nitrogen and oxygen atoms in total. The molecule has 2 unspecified atom stereocenters. The van der Waals surface area contributed by atoms with Gasteiger partial charge in [0.15, 0.2) is 0 Å². The van der Waals surface area contributed by atoms with E-state index < -0.39 is 23.7 Å². The highest BCUT2D eigenvalue weighted by Gasteiger charge is 2.17. The average Bonchev–Trinajstić information content (AvgIpc) is 2.54. The Morgan fingerprint density at radius 2 is 1.96 bits per heavy atom. The van der Waals surface area contributed by atoms with E-state index in [9.17, 15) is 18.7 Å². The van der Waals surface area contributed by atoms with Gasteiger partial charge in [0.25, 0.3) is 0 Å². The molecule has 0 aliphatic rings. The summed E-state index contributed by atoms with van der Waals surface area (Å²) in [7, 11) is 0. The van der Waals surface area contributed by atoms with E-state index in [1.807, 2.05) is 0 Å². The van der Waals surface area contributed by atoms with Crippen molar-refractivity contribution in [3.8, 4) is 0 Å². The van der Waals surface area contributed by atoms with Gasteiger partial charge in [-0.2, -0.15) is 0 Å². The highest BCUT2D eigenvalue weighted by Crippen LogP contribution is 2.20. The van der Waals surface area contributed by atoms with E-state index in [1.54, 1.807) is 13.0 Å². The van der Waals surface area contributed by atoms with E-state index in [0.717, 1.165) is 6.07 Å². The van der Waals surface area contributed by atoms with E-state index in [1.165, 1.54) is 30.3 Å². The molecule has 0 bridgehead atoms. The van der Waals surface area contributed by atoms with Crippen molar-refractivity contribution >= 4 is 17.5 Å². The van der Waals surface area contributed by atoms with Crippen LogP contribution in [0.5, 0.6) is 0 Å². The van der Waals surface area contributed by atoms with Crippen molar-refractivity contribution in [3.63, 3.8) is 0 Å². The lowest BCUT2D eigenvalue weighted by Gasteiger charge is -2.16. The molecule has 0 aromatic heterocycles. The molecule has 2 aromatic carbocycles. The van der Waals surface area contributed by atoms with Gasteiger partial charge in [0.05, 0.1) is 17.0 Å². The van der Waals surface area contributed by atoms with Crippen LogP contribution in [0.25, 0.3) is 0 Å². The van der Waals surface area contributed by atoms with Crippen molar-refractivity contribution in [2.24, 2.45) is 0 Å². The van der Waals surface area contributed by atoms with Crippen molar-refractivity contribution in [3.05, 3.63) is 70.2 Å². The maximum Gasteiger partial charge on any atom is 0.227 e. The van der Waals surface area contributed by atoms with Crippen molar-refractivity contribution in [1.29, 1.82) is 0 Å². The molecule has 2 atom stereocenters. The lowest BCUT2D eigenvalue weighted by atomic mass is 10.00. The molecule has 2 aromatic rings. The number of aliphatic hydroxyl groups is 1. The van der Waals surface area contributed by atoms with Gasteiger partial charge < -0.3 is 10.4 Å². The first-order valence-corrected chi connectivity index (χ1v) is 7.42. The number of nitrogens with one attached hydrogen (secondary N) is 1.